The minimum Gasteiger partial charge on any atom is -0.508 e. The first-order valence-corrected chi connectivity index (χ1v) is 11.5. The Morgan fingerprint density at radius 1 is 0.889 bits per heavy atom. The van der Waals surface area contributed by atoms with E-state index in [1.54, 1.807) is 26.0 Å². The normalized spacial score (nSPS) is 14.0. The predicted molar refractivity (Wildman–Crippen MR) is 129 cm³/mol. The maximum absolute atomic E-state index is 13.0. The average Bonchev–Trinajstić information content (AvgIpc) is 2.79. The predicted octanol–water partition coefficient (Wildman–Crippen LogP) is -0.367. The standard InChI is InChI=1S/C24H34N4O8/c1-13(2)21(24(36)25-14(3)22(34)27-17(12-29)7-10-20(32)33)28-23(35)19(26-15(4)30)11-16-5-8-18(31)9-6-16/h5-6,8-9,12-14,17,19,21,31H,7,10-11H2,1-4H3,(H,25,36)(H,26,30)(H,27,34)(H,28,35)(H,32,33)/t14-,17-,19-,21-/m0/s1. The third-order valence-electron chi connectivity index (χ3n) is 5.23. The van der Waals surface area contributed by atoms with Crippen LogP contribution in [0.1, 0.15) is 46.1 Å². The van der Waals surface area contributed by atoms with Crippen LogP contribution in [0.4, 0.5) is 0 Å². The Hall–Kier alpha value is -3.96. The van der Waals surface area contributed by atoms with Crippen LogP contribution in [0.3, 0.4) is 0 Å². The highest BCUT2D eigenvalue weighted by Gasteiger charge is 2.30. The van der Waals surface area contributed by atoms with Crippen LogP contribution in [0.2, 0.25) is 0 Å². The van der Waals surface area contributed by atoms with E-state index in [0.717, 1.165) is 0 Å². The zero-order valence-corrected chi connectivity index (χ0v) is 20.7. The van der Waals surface area contributed by atoms with Crippen molar-refractivity contribution in [2.24, 2.45) is 5.92 Å². The molecule has 1 aromatic carbocycles. The topological polar surface area (TPSA) is 191 Å². The summed E-state index contributed by atoms with van der Waals surface area (Å²) in [7, 11) is 0. The van der Waals surface area contributed by atoms with Gasteiger partial charge in [-0.25, -0.2) is 0 Å². The number of hydrogen-bond acceptors (Lipinski definition) is 7. The lowest BCUT2D eigenvalue weighted by atomic mass is 10.0. The molecule has 0 saturated heterocycles. The van der Waals surface area contributed by atoms with Gasteiger partial charge < -0.3 is 36.3 Å². The van der Waals surface area contributed by atoms with Crippen LogP contribution in [-0.4, -0.2) is 70.3 Å². The van der Waals surface area contributed by atoms with Crippen molar-refractivity contribution in [2.75, 3.05) is 0 Å². The second-order valence-corrected chi connectivity index (χ2v) is 8.77. The first-order valence-electron chi connectivity index (χ1n) is 11.5. The van der Waals surface area contributed by atoms with Gasteiger partial charge in [-0.2, -0.15) is 0 Å². The van der Waals surface area contributed by atoms with Gasteiger partial charge in [0, 0.05) is 19.8 Å². The van der Waals surface area contributed by atoms with Crippen molar-refractivity contribution >= 4 is 35.9 Å². The molecule has 1 aromatic rings. The Morgan fingerprint density at radius 3 is 2.00 bits per heavy atom. The van der Waals surface area contributed by atoms with Crippen LogP contribution in [-0.2, 0) is 35.2 Å². The smallest absolute Gasteiger partial charge is 0.303 e. The molecule has 0 aliphatic heterocycles. The number of amides is 4. The zero-order valence-electron chi connectivity index (χ0n) is 20.7. The summed E-state index contributed by atoms with van der Waals surface area (Å²) in [6.45, 7) is 6.03. The summed E-state index contributed by atoms with van der Waals surface area (Å²) in [6, 6.07) is 1.97. The molecular formula is C24H34N4O8. The summed E-state index contributed by atoms with van der Waals surface area (Å²) in [4.78, 5) is 71.7. The van der Waals surface area contributed by atoms with E-state index in [1.807, 2.05) is 0 Å². The summed E-state index contributed by atoms with van der Waals surface area (Å²) in [5.74, 6) is -3.85. The molecule has 0 aliphatic carbocycles. The number of carboxylic acids is 1. The van der Waals surface area contributed by atoms with Gasteiger partial charge in [0.05, 0.1) is 6.04 Å². The van der Waals surface area contributed by atoms with Crippen molar-refractivity contribution in [1.29, 1.82) is 0 Å². The number of nitrogens with one attached hydrogen (secondary N) is 4. The van der Waals surface area contributed by atoms with Gasteiger partial charge in [-0.3, -0.25) is 24.0 Å². The number of rotatable bonds is 14. The molecule has 0 spiro atoms. The Bertz CT molecular complexity index is 948. The quantitative estimate of drug-likeness (QED) is 0.184. The van der Waals surface area contributed by atoms with Crippen LogP contribution in [0.25, 0.3) is 0 Å². The molecule has 198 valence electrons. The fourth-order valence-corrected chi connectivity index (χ4v) is 3.24. The second-order valence-electron chi connectivity index (χ2n) is 8.77. The van der Waals surface area contributed by atoms with Gasteiger partial charge in [-0.15, -0.1) is 0 Å². The van der Waals surface area contributed by atoms with Crippen molar-refractivity contribution in [3.05, 3.63) is 29.8 Å². The Labute approximate surface area is 209 Å². The molecule has 0 saturated carbocycles. The van der Waals surface area contributed by atoms with Crippen LogP contribution >= 0.6 is 0 Å². The number of carboxylic acid groups (broad SMARTS) is 1. The van der Waals surface area contributed by atoms with Crippen LogP contribution < -0.4 is 21.3 Å². The number of hydrogen-bond donors (Lipinski definition) is 6. The molecule has 0 bridgehead atoms. The Kier molecular flexibility index (Phi) is 12.1. The van der Waals surface area contributed by atoms with Gasteiger partial charge in [-0.05, 0) is 37.0 Å². The summed E-state index contributed by atoms with van der Waals surface area (Å²) >= 11 is 0. The summed E-state index contributed by atoms with van der Waals surface area (Å²) in [5, 5.41) is 28.2. The number of aliphatic carboxylic acids is 1. The largest absolute Gasteiger partial charge is 0.508 e. The first kappa shape index (κ1) is 30.1. The van der Waals surface area contributed by atoms with Crippen LogP contribution in [0, 0.1) is 5.92 Å². The van der Waals surface area contributed by atoms with E-state index in [-0.39, 0.29) is 30.9 Å². The molecule has 0 fully saturated rings. The monoisotopic (exact) mass is 506 g/mol. The average molecular weight is 507 g/mol. The molecule has 0 aromatic heterocycles. The lowest BCUT2D eigenvalue weighted by Crippen LogP contribution is -2.58. The van der Waals surface area contributed by atoms with Gasteiger partial charge in [-0.1, -0.05) is 26.0 Å². The molecular weight excluding hydrogens is 472 g/mol. The van der Waals surface area contributed by atoms with Crippen molar-refractivity contribution in [1.82, 2.24) is 21.3 Å². The van der Waals surface area contributed by atoms with E-state index < -0.39 is 53.8 Å². The number of aromatic hydroxyl groups is 1. The number of phenolic OH excluding ortho intramolecular Hbond substituents is 1. The zero-order chi connectivity index (χ0) is 27.4. The second kappa shape index (κ2) is 14.4. The van der Waals surface area contributed by atoms with Gasteiger partial charge in [0.2, 0.25) is 23.6 Å². The minimum atomic E-state index is -1.11. The highest BCUT2D eigenvalue weighted by atomic mass is 16.4. The first-order chi connectivity index (χ1) is 16.8. The van der Waals surface area contributed by atoms with Crippen molar-refractivity contribution < 1.29 is 39.0 Å². The highest BCUT2D eigenvalue weighted by molar-refractivity contribution is 5.94. The molecule has 4 atom stereocenters. The Balaban J connectivity index is 2.85. The third-order valence-corrected chi connectivity index (χ3v) is 5.23. The molecule has 0 heterocycles. The number of phenols is 1. The molecule has 0 unspecified atom stereocenters. The van der Waals surface area contributed by atoms with Gasteiger partial charge in [0.25, 0.3) is 0 Å². The molecule has 12 heteroatoms. The molecule has 0 radical (unpaired) electrons. The van der Waals surface area contributed by atoms with Crippen molar-refractivity contribution in [3.63, 3.8) is 0 Å². The van der Waals surface area contributed by atoms with Gasteiger partial charge in [0.15, 0.2) is 0 Å². The van der Waals surface area contributed by atoms with E-state index in [9.17, 15) is 33.9 Å². The minimum absolute atomic E-state index is 0.0512. The molecule has 6 N–H and O–H groups in total. The maximum atomic E-state index is 13.0. The molecule has 4 amide bonds. The Morgan fingerprint density at radius 2 is 1.50 bits per heavy atom. The number of aldehydes is 1. The molecule has 1 rings (SSSR count). The van der Waals surface area contributed by atoms with Gasteiger partial charge in [0.1, 0.15) is 30.2 Å². The lowest BCUT2D eigenvalue weighted by molar-refractivity contribution is -0.137. The molecule has 36 heavy (non-hydrogen) atoms. The van der Waals surface area contributed by atoms with Gasteiger partial charge >= 0.3 is 5.97 Å². The fourth-order valence-electron chi connectivity index (χ4n) is 3.24. The number of carbonyl (C=O) groups excluding carboxylic acids is 5. The van der Waals surface area contributed by atoms with Crippen LogP contribution in [0.15, 0.2) is 24.3 Å². The molecule has 12 nitrogen and oxygen atoms in total. The van der Waals surface area contributed by atoms with E-state index in [0.29, 0.717) is 11.8 Å². The highest BCUT2D eigenvalue weighted by Crippen LogP contribution is 2.12. The van der Waals surface area contributed by atoms with Crippen molar-refractivity contribution in [3.8, 4) is 5.75 Å². The third kappa shape index (κ3) is 10.5. The van der Waals surface area contributed by atoms with E-state index in [2.05, 4.69) is 21.3 Å². The van der Waals surface area contributed by atoms with Crippen molar-refractivity contribution in [2.45, 2.75) is 71.1 Å². The fraction of sp³-hybridized carbons (Fsp3) is 0.500. The van der Waals surface area contributed by atoms with E-state index in [1.165, 1.54) is 26.0 Å². The summed E-state index contributed by atoms with van der Waals surface area (Å²) < 4.78 is 0. The van der Waals surface area contributed by atoms with Crippen LogP contribution in [0.5, 0.6) is 5.75 Å². The SMILES string of the molecule is CC(=O)N[C@@H](Cc1ccc(O)cc1)C(=O)N[C@H](C(=O)N[C@@H](C)C(=O)N[C@H](C=O)CCC(=O)O)C(C)C. The number of carbonyl (C=O) groups is 6. The lowest BCUT2D eigenvalue weighted by Gasteiger charge is -2.26. The number of benzene rings is 1. The van der Waals surface area contributed by atoms with E-state index in [4.69, 9.17) is 5.11 Å². The van der Waals surface area contributed by atoms with E-state index >= 15 is 0 Å². The maximum Gasteiger partial charge on any atom is 0.303 e. The summed E-state index contributed by atoms with van der Waals surface area (Å²) in [5.41, 5.74) is 0.671. The summed E-state index contributed by atoms with van der Waals surface area (Å²) in [6.07, 6.45) is 0.121. The molecule has 0 aliphatic rings.